The summed E-state index contributed by atoms with van der Waals surface area (Å²) in [7, 11) is 0. The molecule has 1 N–H and O–H groups in total. The number of fused-ring (bicyclic) bond motifs is 1. The molecule has 3 heterocycles. The first-order valence-corrected chi connectivity index (χ1v) is 10.5. The number of benzene rings is 2. The third kappa shape index (κ3) is 3.58. The second-order valence-corrected chi connectivity index (χ2v) is 8.59. The molecule has 2 aromatic carbocycles. The van der Waals surface area contributed by atoms with Crippen LogP contribution in [0.25, 0.3) is 10.9 Å². The molecule has 0 unspecified atom stereocenters. The van der Waals surface area contributed by atoms with E-state index >= 15 is 0 Å². The molecule has 5 nitrogen and oxygen atoms in total. The summed E-state index contributed by atoms with van der Waals surface area (Å²) in [6, 6.07) is 12.8. The van der Waals surface area contributed by atoms with Gasteiger partial charge in [-0.3, -0.25) is 9.59 Å². The molecule has 5 rings (SSSR count). The molecule has 2 aliphatic rings. The predicted octanol–water partition coefficient (Wildman–Crippen LogP) is 3.58. The van der Waals surface area contributed by atoms with Crippen LogP contribution in [0.1, 0.15) is 30.7 Å². The molecule has 31 heavy (non-hydrogen) atoms. The van der Waals surface area contributed by atoms with Crippen LogP contribution in [0.3, 0.4) is 0 Å². The smallest absolute Gasteiger partial charge is 0.242 e. The van der Waals surface area contributed by atoms with Crippen LogP contribution in [0.5, 0.6) is 0 Å². The highest BCUT2D eigenvalue weighted by Crippen LogP contribution is 2.41. The van der Waals surface area contributed by atoms with E-state index in [4.69, 9.17) is 0 Å². The quantitative estimate of drug-likeness (QED) is 0.700. The average Bonchev–Trinajstić information content (AvgIpc) is 3.29. The van der Waals surface area contributed by atoms with Crippen LogP contribution >= 0.6 is 0 Å². The van der Waals surface area contributed by atoms with E-state index in [-0.39, 0.29) is 35.9 Å². The van der Waals surface area contributed by atoms with Crippen LogP contribution in [-0.2, 0) is 16.1 Å². The summed E-state index contributed by atoms with van der Waals surface area (Å²) >= 11 is 0. The van der Waals surface area contributed by atoms with Crippen molar-refractivity contribution in [3.63, 3.8) is 0 Å². The largest absolute Gasteiger partial charge is 0.348 e. The zero-order valence-electron chi connectivity index (χ0n) is 17.0. The van der Waals surface area contributed by atoms with Gasteiger partial charge in [-0.25, -0.2) is 8.78 Å². The van der Waals surface area contributed by atoms with E-state index < -0.39 is 5.54 Å². The minimum atomic E-state index is -0.594. The molecule has 2 saturated heterocycles. The lowest BCUT2D eigenvalue weighted by atomic mass is 9.76. The molecule has 0 bridgehead atoms. The van der Waals surface area contributed by atoms with E-state index in [9.17, 15) is 18.4 Å². The highest BCUT2D eigenvalue weighted by atomic mass is 19.1. The standard InChI is InChI=1S/C24H23F2N3O2/c25-18-4-1-3-17(11-18)20-13-29(15-24(20)9-2-5-22(30)27-24)23(31)14-28-10-8-16-6-7-19(26)12-21(16)28/h1,3-4,6-8,10-12,20H,2,5,9,13-15H2,(H,27,30)/t20-,24+/m0/s1. The van der Waals surface area contributed by atoms with Crippen LogP contribution < -0.4 is 5.32 Å². The Morgan fingerprint density at radius 3 is 2.77 bits per heavy atom. The molecule has 2 fully saturated rings. The number of hydrogen-bond acceptors (Lipinski definition) is 2. The van der Waals surface area contributed by atoms with Crippen molar-refractivity contribution in [1.82, 2.24) is 14.8 Å². The van der Waals surface area contributed by atoms with Gasteiger partial charge in [0.25, 0.3) is 0 Å². The van der Waals surface area contributed by atoms with Crippen molar-refractivity contribution in [2.75, 3.05) is 13.1 Å². The van der Waals surface area contributed by atoms with Gasteiger partial charge in [0.1, 0.15) is 18.2 Å². The third-order valence-corrected chi connectivity index (χ3v) is 6.60. The van der Waals surface area contributed by atoms with E-state index in [1.54, 1.807) is 27.8 Å². The fraction of sp³-hybridized carbons (Fsp3) is 0.333. The van der Waals surface area contributed by atoms with Crippen molar-refractivity contribution in [3.05, 3.63) is 71.9 Å². The topological polar surface area (TPSA) is 54.3 Å². The van der Waals surface area contributed by atoms with Gasteiger partial charge in [0.15, 0.2) is 0 Å². The Bertz CT molecular complexity index is 1170. The SMILES string of the molecule is O=C1CCC[C@]2(CN(C(=O)Cn3ccc4ccc(F)cc43)C[C@H]2c2cccc(F)c2)N1. The Balaban J connectivity index is 1.43. The summed E-state index contributed by atoms with van der Waals surface area (Å²) in [5.74, 6) is -1.01. The van der Waals surface area contributed by atoms with Gasteiger partial charge in [-0.1, -0.05) is 12.1 Å². The Labute approximate surface area is 178 Å². The maximum absolute atomic E-state index is 13.9. The molecule has 2 amide bonds. The minimum absolute atomic E-state index is 0.0335. The number of likely N-dealkylation sites (tertiary alicyclic amines) is 1. The third-order valence-electron chi connectivity index (χ3n) is 6.60. The summed E-state index contributed by atoms with van der Waals surface area (Å²) in [6.07, 6.45) is 3.72. The molecule has 2 atom stereocenters. The van der Waals surface area contributed by atoms with E-state index in [2.05, 4.69) is 5.32 Å². The van der Waals surface area contributed by atoms with Gasteiger partial charge in [0.05, 0.1) is 11.1 Å². The molecule has 160 valence electrons. The van der Waals surface area contributed by atoms with Crippen molar-refractivity contribution in [3.8, 4) is 0 Å². The first kappa shape index (κ1) is 19.7. The van der Waals surface area contributed by atoms with E-state index in [0.717, 1.165) is 23.8 Å². The zero-order chi connectivity index (χ0) is 21.6. The average molecular weight is 423 g/mol. The monoisotopic (exact) mass is 423 g/mol. The van der Waals surface area contributed by atoms with Gasteiger partial charge in [-0.2, -0.15) is 0 Å². The van der Waals surface area contributed by atoms with Crippen LogP contribution in [0.15, 0.2) is 54.7 Å². The molecule has 1 aromatic heterocycles. The summed E-state index contributed by atoms with van der Waals surface area (Å²) in [5, 5.41) is 3.99. The Hall–Kier alpha value is -3.22. The lowest BCUT2D eigenvalue weighted by Gasteiger charge is -2.39. The van der Waals surface area contributed by atoms with Gasteiger partial charge in [0, 0.05) is 31.6 Å². The fourth-order valence-corrected chi connectivity index (χ4v) is 5.14. The number of amides is 2. The number of carbonyl (C=O) groups is 2. The van der Waals surface area contributed by atoms with E-state index in [1.807, 2.05) is 12.1 Å². The van der Waals surface area contributed by atoms with E-state index in [1.165, 1.54) is 24.3 Å². The van der Waals surface area contributed by atoms with Crippen LogP contribution in [0.2, 0.25) is 0 Å². The second kappa shape index (κ2) is 7.48. The molecule has 3 aromatic rings. The van der Waals surface area contributed by atoms with Gasteiger partial charge in [0.2, 0.25) is 11.8 Å². The van der Waals surface area contributed by atoms with Crippen molar-refractivity contribution in [2.45, 2.75) is 37.3 Å². The van der Waals surface area contributed by atoms with E-state index in [0.29, 0.717) is 25.0 Å². The predicted molar refractivity (Wildman–Crippen MR) is 112 cm³/mol. The Kier molecular flexibility index (Phi) is 4.76. The van der Waals surface area contributed by atoms with Crippen molar-refractivity contribution in [2.24, 2.45) is 0 Å². The van der Waals surface area contributed by atoms with Gasteiger partial charge in [-0.15, -0.1) is 0 Å². The number of piperidine rings is 1. The second-order valence-electron chi connectivity index (χ2n) is 8.59. The molecule has 7 heteroatoms. The Morgan fingerprint density at radius 1 is 1.13 bits per heavy atom. The van der Waals surface area contributed by atoms with Crippen molar-refractivity contribution < 1.29 is 18.4 Å². The van der Waals surface area contributed by atoms with Crippen LogP contribution in [0.4, 0.5) is 8.78 Å². The van der Waals surface area contributed by atoms with Crippen LogP contribution in [-0.4, -0.2) is 39.9 Å². The highest BCUT2D eigenvalue weighted by molar-refractivity contribution is 5.84. The normalized spacial score (nSPS) is 23.5. The van der Waals surface area contributed by atoms with Crippen molar-refractivity contribution in [1.29, 1.82) is 0 Å². The van der Waals surface area contributed by atoms with Crippen molar-refractivity contribution >= 4 is 22.7 Å². The molecule has 0 aliphatic carbocycles. The number of aromatic nitrogens is 1. The fourth-order valence-electron chi connectivity index (χ4n) is 5.14. The molecule has 0 radical (unpaired) electrons. The van der Waals surface area contributed by atoms with Gasteiger partial charge >= 0.3 is 0 Å². The lowest BCUT2D eigenvalue weighted by Crippen LogP contribution is -2.56. The number of hydrogen-bond donors (Lipinski definition) is 1. The highest BCUT2D eigenvalue weighted by Gasteiger charge is 2.50. The first-order chi connectivity index (χ1) is 14.9. The number of carbonyl (C=O) groups excluding carboxylic acids is 2. The summed E-state index contributed by atoms with van der Waals surface area (Å²) in [6.45, 7) is 0.856. The Morgan fingerprint density at radius 2 is 1.97 bits per heavy atom. The molecule has 1 spiro atoms. The van der Waals surface area contributed by atoms with Gasteiger partial charge < -0.3 is 14.8 Å². The summed E-state index contributed by atoms with van der Waals surface area (Å²) < 4.78 is 29.4. The number of rotatable bonds is 3. The molecule has 2 aliphatic heterocycles. The zero-order valence-corrected chi connectivity index (χ0v) is 17.0. The minimum Gasteiger partial charge on any atom is -0.348 e. The lowest BCUT2D eigenvalue weighted by molar-refractivity contribution is -0.132. The van der Waals surface area contributed by atoms with Crippen LogP contribution in [0, 0.1) is 11.6 Å². The van der Waals surface area contributed by atoms with Gasteiger partial charge in [-0.05, 0) is 60.2 Å². The summed E-state index contributed by atoms with van der Waals surface area (Å²) in [4.78, 5) is 27.2. The molecular formula is C24H23F2N3O2. The maximum Gasteiger partial charge on any atom is 0.242 e. The number of halogens is 2. The maximum atomic E-state index is 13.9. The molecular weight excluding hydrogens is 400 g/mol. The molecule has 0 saturated carbocycles. The number of nitrogens with zero attached hydrogens (tertiary/aromatic N) is 2. The summed E-state index contributed by atoms with van der Waals surface area (Å²) in [5.41, 5.74) is 0.852. The number of nitrogens with one attached hydrogen (secondary N) is 1. The first-order valence-electron chi connectivity index (χ1n) is 10.5.